The lowest BCUT2D eigenvalue weighted by Crippen LogP contribution is -2.23. The number of halogens is 2. The van der Waals surface area contributed by atoms with Crippen LogP contribution in [0.5, 0.6) is 0 Å². The molecule has 28 heavy (non-hydrogen) atoms. The van der Waals surface area contributed by atoms with Gasteiger partial charge in [-0.3, -0.25) is 14.3 Å². The molecule has 2 heterocycles. The number of carbonyl (C=O) groups excluding carboxylic acids is 1. The van der Waals surface area contributed by atoms with E-state index in [-0.39, 0.29) is 11.6 Å². The number of benzene rings is 1. The Hall–Kier alpha value is -3.07. The van der Waals surface area contributed by atoms with Gasteiger partial charge in [0.25, 0.3) is 0 Å². The van der Waals surface area contributed by atoms with E-state index < -0.39 is 16.9 Å². The van der Waals surface area contributed by atoms with E-state index in [1.54, 1.807) is 25.4 Å². The fraction of sp³-hybridized carbons (Fsp3) is 0.158. The Balaban J connectivity index is 1.76. The number of hydrogen-bond donors (Lipinski definition) is 1. The van der Waals surface area contributed by atoms with Crippen molar-refractivity contribution in [2.24, 2.45) is 0 Å². The highest BCUT2D eigenvalue weighted by Gasteiger charge is 2.21. The summed E-state index contributed by atoms with van der Waals surface area (Å²) in [6.07, 6.45) is 5.03. The molecule has 0 spiro atoms. The number of nitrogens with zero attached hydrogens (tertiary/aromatic N) is 4. The summed E-state index contributed by atoms with van der Waals surface area (Å²) in [4.78, 5) is 16.4. The number of pyridine rings is 1. The third-order valence-corrected chi connectivity index (χ3v) is 4.89. The summed E-state index contributed by atoms with van der Waals surface area (Å²) in [7, 11) is 0. The number of anilines is 1. The number of carbonyl (C=O) groups is 1. The SMILES string of the molecule is C=CCn1c(S[C@H](C)C(=O)Nc2ccc(F)c(F)c2)nnc1-c1ccncc1. The largest absolute Gasteiger partial charge is 0.325 e. The average Bonchev–Trinajstić information content (AvgIpc) is 3.08. The Labute approximate surface area is 164 Å². The molecule has 0 saturated carbocycles. The first kappa shape index (κ1) is 19.7. The van der Waals surface area contributed by atoms with Gasteiger partial charge in [0.15, 0.2) is 22.6 Å². The van der Waals surface area contributed by atoms with Gasteiger partial charge in [0.2, 0.25) is 5.91 Å². The first-order valence-electron chi connectivity index (χ1n) is 8.36. The number of hydrogen-bond acceptors (Lipinski definition) is 5. The number of allylic oxidation sites excluding steroid dienone is 1. The van der Waals surface area contributed by atoms with Crippen molar-refractivity contribution in [3.05, 3.63) is 67.0 Å². The first-order valence-corrected chi connectivity index (χ1v) is 9.24. The summed E-state index contributed by atoms with van der Waals surface area (Å²) in [5.74, 6) is -1.72. The fourth-order valence-electron chi connectivity index (χ4n) is 2.41. The van der Waals surface area contributed by atoms with Crippen LogP contribution in [0.2, 0.25) is 0 Å². The molecule has 0 unspecified atom stereocenters. The Morgan fingerprint density at radius 1 is 1.25 bits per heavy atom. The minimum atomic E-state index is -1.02. The van der Waals surface area contributed by atoms with Crippen molar-refractivity contribution in [3.63, 3.8) is 0 Å². The quantitative estimate of drug-likeness (QED) is 0.480. The van der Waals surface area contributed by atoms with Gasteiger partial charge in [-0.05, 0) is 31.2 Å². The van der Waals surface area contributed by atoms with Crippen LogP contribution in [-0.4, -0.2) is 30.9 Å². The Kier molecular flexibility index (Phi) is 6.15. The average molecular weight is 401 g/mol. The standard InChI is InChI=1S/C19H17F2N5OS/c1-3-10-26-17(13-6-8-22-9-7-13)24-25-19(26)28-12(2)18(27)23-14-4-5-15(20)16(21)11-14/h3-9,11-12H,1,10H2,2H3,(H,23,27)/t12-/m1/s1. The maximum absolute atomic E-state index is 13.3. The van der Waals surface area contributed by atoms with Crippen LogP contribution in [0.4, 0.5) is 14.5 Å². The highest BCUT2D eigenvalue weighted by Crippen LogP contribution is 2.27. The molecule has 6 nitrogen and oxygen atoms in total. The molecule has 1 atom stereocenters. The van der Waals surface area contributed by atoms with E-state index in [1.165, 1.54) is 17.8 Å². The van der Waals surface area contributed by atoms with E-state index >= 15 is 0 Å². The molecular weight excluding hydrogens is 384 g/mol. The van der Waals surface area contributed by atoms with Gasteiger partial charge < -0.3 is 5.32 Å². The van der Waals surface area contributed by atoms with Crippen LogP contribution in [0.3, 0.4) is 0 Å². The third-order valence-electron chi connectivity index (χ3n) is 3.81. The van der Waals surface area contributed by atoms with Gasteiger partial charge in [0.05, 0.1) is 5.25 Å². The molecule has 0 bridgehead atoms. The monoisotopic (exact) mass is 401 g/mol. The third kappa shape index (κ3) is 4.42. The van der Waals surface area contributed by atoms with Crippen LogP contribution in [0, 0.1) is 11.6 Å². The summed E-state index contributed by atoms with van der Waals surface area (Å²) in [6.45, 7) is 5.91. The van der Waals surface area contributed by atoms with Crippen LogP contribution in [0.25, 0.3) is 11.4 Å². The summed E-state index contributed by atoms with van der Waals surface area (Å²) < 4.78 is 28.2. The molecule has 1 N–H and O–H groups in total. The number of amides is 1. The van der Waals surface area contributed by atoms with Gasteiger partial charge in [0.1, 0.15) is 0 Å². The molecule has 0 aliphatic carbocycles. The van der Waals surface area contributed by atoms with E-state index in [0.717, 1.165) is 17.7 Å². The Morgan fingerprint density at radius 3 is 2.68 bits per heavy atom. The molecule has 144 valence electrons. The highest BCUT2D eigenvalue weighted by molar-refractivity contribution is 8.00. The first-order chi connectivity index (χ1) is 13.5. The molecule has 0 radical (unpaired) electrons. The zero-order chi connectivity index (χ0) is 20.1. The van der Waals surface area contributed by atoms with Crippen molar-refractivity contribution < 1.29 is 13.6 Å². The van der Waals surface area contributed by atoms with E-state index in [9.17, 15) is 13.6 Å². The van der Waals surface area contributed by atoms with Gasteiger partial charge in [-0.1, -0.05) is 17.8 Å². The van der Waals surface area contributed by atoms with Crippen molar-refractivity contribution >= 4 is 23.4 Å². The molecular formula is C19H17F2N5OS. The smallest absolute Gasteiger partial charge is 0.237 e. The van der Waals surface area contributed by atoms with Gasteiger partial charge in [-0.25, -0.2) is 8.78 Å². The molecule has 3 aromatic rings. The minimum Gasteiger partial charge on any atom is -0.325 e. The molecule has 9 heteroatoms. The summed E-state index contributed by atoms with van der Waals surface area (Å²) >= 11 is 1.21. The van der Waals surface area contributed by atoms with Gasteiger partial charge in [-0.2, -0.15) is 0 Å². The second-order valence-electron chi connectivity index (χ2n) is 5.82. The topological polar surface area (TPSA) is 72.7 Å². The lowest BCUT2D eigenvalue weighted by atomic mass is 10.2. The Bertz CT molecular complexity index is 993. The molecule has 0 aliphatic rings. The van der Waals surface area contributed by atoms with E-state index in [2.05, 4.69) is 27.1 Å². The molecule has 0 fully saturated rings. The minimum absolute atomic E-state index is 0.182. The van der Waals surface area contributed by atoms with Crippen molar-refractivity contribution in [1.29, 1.82) is 0 Å². The zero-order valence-corrected chi connectivity index (χ0v) is 15.8. The van der Waals surface area contributed by atoms with E-state index in [1.807, 2.05) is 16.7 Å². The molecule has 3 rings (SSSR count). The summed E-state index contributed by atoms with van der Waals surface area (Å²) in [5.41, 5.74) is 1.02. The molecule has 2 aromatic heterocycles. The normalized spacial score (nSPS) is 11.8. The zero-order valence-electron chi connectivity index (χ0n) is 15.0. The van der Waals surface area contributed by atoms with Gasteiger partial charge in [0, 0.05) is 36.3 Å². The van der Waals surface area contributed by atoms with Gasteiger partial charge in [-0.15, -0.1) is 16.8 Å². The summed E-state index contributed by atoms with van der Waals surface area (Å²) in [5, 5.41) is 11.0. The Morgan fingerprint density at radius 2 is 2.00 bits per heavy atom. The second kappa shape index (κ2) is 8.75. The van der Waals surface area contributed by atoms with E-state index in [4.69, 9.17) is 0 Å². The molecule has 1 aromatic carbocycles. The number of nitrogens with one attached hydrogen (secondary N) is 1. The highest BCUT2D eigenvalue weighted by atomic mass is 32.2. The van der Waals surface area contributed by atoms with Crippen LogP contribution < -0.4 is 5.32 Å². The second-order valence-corrected chi connectivity index (χ2v) is 7.13. The predicted molar refractivity (Wildman–Crippen MR) is 104 cm³/mol. The number of thioether (sulfide) groups is 1. The van der Waals surface area contributed by atoms with Crippen molar-refractivity contribution in [3.8, 4) is 11.4 Å². The van der Waals surface area contributed by atoms with Crippen LogP contribution in [0.15, 0.2) is 60.5 Å². The van der Waals surface area contributed by atoms with Crippen molar-refractivity contribution in [2.45, 2.75) is 23.9 Å². The van der Waals surface area contributed by atoms with E-state index in [0.29, 0.717) is 17.5 Å². The van der Waals surface area contributed by atoms with Crippen molar-refractivity contribution in [1.82, 2.24) is 19.7 Å². The molecule has 0 aliphatic heterocycles. The molecule has 0 saturated heterocycles. The van der Waals surface area contributed by atoms with Crippen molar-refractivity contribution in [2.75, 3.05) is 5.32 Å². The summed E-state index contributed by atoms with van der Waals surface area (Å²) in [6, 6.07) is 6.83. The maximum atomic E-state index is 13.3. The van der Waals surface area contributed by atoms with Crippen LogP contribution >= 0.6 is 11.8 Å². The fourth-order valence-corrected chi connectivity index (χ4v) is 3.27. The lowest BCUT2D eigenvalue weighted by molar-refractivity contribution is -0.115. The predicted octanol–water partition coefficient (Wildman–Crippen LogP) is 3.92. The van der Waals surface area contributed by atoms with Crippen LogP contribution in [-0.2, 0) is 11.3 Å². The number of aromatic nitrogens is 4. The molecule has 1 amide bonds. The van der Waals surface area contributed by atoms with Gasteiger partial charge >= 0.3 is 0 Å². The number of rotatable bonds is 7. The maximum Gasteiger partial charge on any atom is 0.237 e. The lowest BCUT2D eigenvalue weighted by Gasteiger charge is -2.13. The van der Waals surface area contributed by atoms with Crippen LogP contribution in [0.1, 0.15) is 6.92 Å².